The summed E-state index contributed by atoms with van der Waals surface area (Å²) in [5.41, 5.74) is 0.282. The molecule has 2 aromatic rings. The lowest BCUT2D eigenvalue weighted by Gasteiger charge is -2.10. The van der Waals surface area contributed by atoms with E-state index in [1.165, 1.54) is 31.4 Å². The number of carbonyl (C=O) groups is 1. The third kappa shape index (κ3) is 2.83. The van der Waals surface area contributed by atoms with Gasteiger partial charge >= 0.3 is 0 Å². The monoisotopic (exact) mass is 295 g/mol. The first-order valence-corrected chi connectivity index (χ1v) is 6.03. The first-order chi connectivity index (χ1) is 9.52. The maximum Gasteiger partial charge on any atom is 0.259 e. The molecule has 0 saturated heterocycles. The molecule has 6 heteroatoms. The Bertz CT molecular complexity index is 661. The molecule has 0 atom stereocenters. The van der Waals surface area contributed by atoms with E-state index in [9.17, 15) is 14.3 Å². The zero-order chi connectivity index (χ0) is 14.7. The quantitative estimate of drug-likeness (QED) is 0.912. The van der Waals surface area contributed by atoms with Crippen LogP contribution in [0.3, 0.4) is 0 Å². The molecule has 2 N–H and O–H groups in total. The zero-order valence-electron chi connectivity index (χ0n) is 10.5. The number of rotatable bonds is 3. The van der Waals surface area contributed by atoms with Crippen LogP contribution in [0.2, 0.25) is 5.02 Å². The van der Waals surface area contributed by atoms with Gasteiger partial charge in [0.25, 0.3) is 5.91 Å². The number of aromatic hydroxyl groups is 1. The summed E-state index contributed by atoms with van der Waals surface area (Å²) < 4.78 is 17.8. The Morgan fingerprint density at radius 1 is 1.35 bits per heavy atom. The van der Waals surface area contributed by atoms with Crippen molar-refractivity contribution < 1.29 is 19.0 Å². The smallest absolute Gasteiger partial charge is 0.259 e. The second-order valence-electron chi connectivity index (χ2n) is 3.93. The van der Waals surface area contributed by atoms with E-state index in [4.69, 9.17) is 16.3 Å². The number of carbonyl (C=O) groups excluding carboxylic acids is 1. The van der Waals surface area contributed by atoms with Crippen molar-refractivity contribution in [3.63, 3.8) is 0 Å². The van der Waals surface area contributed by atoms with Crippen LogP contribution in [0.1, 0.15) is 10.4 Å². The van der Waals surface area contributed by atoms with Crippen molar-refractivity contribution in [2.45, 2.75) is 0 Å². The average molecular weight is 296 g/mol. The number of halogens is 2. The molecule has 104 valence electrons. The summed E-state index contributed by atoms with van der Waals surface area (Å²) in [6.07, 6.45) is 0. The Kier molecular flexibility index (Phi) is 4.10. The molecule has 0 aliphatic rings. The fraction of sp³-hybridized carbons (Fsp3) is 0.0714. The van der Waals surface area contributed by atoms with Gasteiger partial charge in [0.2, 0.25) is 0 Å². The molecule has 0 radical (unpaired) electrons. The van der Waals surface area contributed by atoms with Gasteiger partial charge in [0.15, 0.2) is 11.5 Å². The van der Waals surface area contributed by atoms with Gasteiger partial charge in [0.05, 0.1) is 23.4 Å². The van der Waals surface area contributed by atoms with Crippen molar-refractivity contribution in [1.82, 2.24) is 0 Å². The molecule has 0 bridgehead atoms. The topological polar surface area (TPSA) is 58.6 Å². The number of phenolic OH excluding ortho intramolecular Hbond substituents is 1. The largest absolute Gasteiger partial charge is 0.504 e. The van der Waals surface area contributed by atoms with Gasteiger partial charge in [-0.3, -0.25) is 4.79 Å². The van der Waals surface area contributed by atoms with Gasteiger partial charge in [0, 0.05) is 0 Å². The normalized spacial score (nSPS) is 10.2. The predicted molar refractivity (Wildman–Crippen MR) is 74.0 cm³/mol. The molecule has 2 aromatic carbocycles. The summed E-state index contributed by atoms with van der Waals surface area (Å²) >= 11 is 5.82. The molecule has 0 saturated carbocycles. The number of methoxy groups -OCH3 is 1. The summed E-state index contributed by atoms with van der Waals surface area (Å²) in [6.45, 7) is 0. The lowest BCUT2D eigenvalue weighted by Crippen LogP contribution is -2.12. The molecule has 4 nitrogen and oxygen atoms in total. The van der Waals surface area contributed by atoms with Crippen molar-refractivity contribution >= 4 is 23.2 Å². The lowest BCUT2D eigenvalue weighted by molar-refractivity contribution is 0.102. The van der Waals surface area contributed by atoms with E-state index < -0.39 is 11.7 Å². The van der Waals surface area contributed by atoms with Crippen LogP contribution in [-0.4, -0.2) is 18.1 Å². The molecular formula is C14H11ClFNO3. The van der Waals surface area contributed by atoms with Gasteiger partial charge in [-0.15, -0.1) is 0 Å². The summed E-state index contributed by atoms with van der Waals surface area (Å²) in [7, 11) is 1.38. The van der Waals surface area contributed by atoms with Crippen LogP contribution in [0.4, 0.5) is 10.1 Å². The van der Waals surface area contributed by atoms with Gasteiger partial charge < -0.3 is 15.2 Å². The minimum absolute atomic E-state index is 0.0322. The molecule has 0 aliphatic heterocycles. The van der Waals surface area contributed by atoms with E-state index >= 15 is 0 Å². The van der Waals surface area contributed by atoms with Crippen LogP contribution in [0.5, 0.6) is 11.5 Å². The first kappa shape index (κ1) is 14.1. The Morgan fingerprint density at radius 2 is 2.10 bits per heavy atom. The highest BCUT2D eigenvalue weighted by Crippen LogP contribution is 2.30. The number of ether oxygens (including phenoxy) is 1. The highest BCUT2D eigenvalue weighted by molar-refractivity contribution is 6.34. The number of hydrogen-bond donors (Lipinski definition) is 2. The van der Waals surface area contributed by atoms with Crippen molar-refractivity contribution in [2.75, 3.05) is 12.4 Å². The van der Waals surface area contributed by atoms with Crippen molar-refractivity contribution in [3.05, 3.63) is 52.8 Å². The number of amides is 1. The van der Waals surface area contributed by atoms with E-state index in [0.29, 0.717) is 0 Å². The Morgan fingerprint density at radius 3 is 2.75 bits per heavy atom. The zero-order valence-corrected chi connectivity index (χ0v) is 11.2. The fourth-order valence-corrected chi connectivity index (χ4v) is 1.87. The minimum Gasteiger partial charge on any atom is -0.504 e. The molecule has 0 heterocycles. The van der Waals surface area contributed by atoms with Gasteiger partial charge in [0.1, 0.15) is 5.82 Å². The Hall–Kier alpha value is -2.27. The molecule has 20 heavy (non-hydrogen) atoms. The van der Waals surface area contributed by atoms with E-state index in [-0.39, 0.29) is 27.8 Å². The van der Waals surface area contributed by atoms with Crippen molar-refractivity contribution in [1.29, 1.82) is 0 Å². The molecule has 1 amide bonds. The lowest BCUT2D eigenvalue weighted by atomic mass is 10.1. The summed E-state index contributed by atoms with van der Waals surface area (Å²) in [4.78, 5) is 12.1. The SMILES string of the molecule is COc1cccc(C(=O)Nc2ccc(F)cc2Cl)c1O. The van der Waals surface area contributed by atoms with Crippen LogP contribution in [-0.2, 0) is 0 Å². The second kappa shape index (κ2) is 5.79. The van der Waals surface area contributed by atoms with Crippen LogP contribution in [0, 0.1) is 5.82 Å². The molecule has 0 aliphatic carbocycles. The standard InChI is InChI=1S/C14H11ClFNO3/c1-20-12-4-2-3-9(13(12)18)14(19)17-11-6-5-8(16)7-10(11)15/h2-7,18H,1H3,(H,17,19). The second-order valence-corrected chi connectivity index (χ2v) is 4.34. The predicted octanol–water partition coefficient (Wildman–Crippen LogP) is 3.45. The summed E-state index contributed by atoms with van der Waals surface area (Å²) in [6, 6.07) is 8.13. The summed E-state index contributed by atoms with van der Waals surface area (Å²) in [5, 5.41) is 12.4. The van der Waals surface area contributed by atoms with E-state index in [1.807, 2.05) is 0 Å². The number of phenols is 1. The average Bonchev–Trinajstić information content (AvgIpc) is 2.42. The molecule has 2 rings (SSSR count). The summed E-state index contributed by atoms with van der Waals surface area (Å²) in [5.74, 6) is -1.17. The highest BCUT2D eigenvalue weighted by atomic mass is 35.5. The molecule has 0 unspecified atom stereocenters. The maximum atomic E-state index is 12.9. The first-order valence-electron chi connectivity index (χ1n) is 5.65. The van der Waals surface area contributed by atoms with Crippen molar-refractivity contribution in [2.24, 2.45) is 0 Å². The van der Waals surface area contributed by atoms with Gasteiger partial charge in [-0.2, -0.15) is 0 Å². The van der Waals surface area contributed by atoms with Gasteiger partial charge in [-0.25, -0.2) is 4.39 Å². The van der Waals surface area contributed by atoms with E-state index in [2.05, 4.69) is 5.32 Å². The van der Waals surface area contributed by atoms with Gasteiger partial charge in [-0.05, 0) is 30.3 Å². The third-order valence-corrected chi connectivity index (χ3v) is 2.96. The number of para-hydroxylation sites is 1. The molecule has 0 fully saturated rings. The molecular weight excluding hydrogens is 285 g/mol. The minimum atomic E-state index is -0.574. The van der Waals surface area contributed by atoms with Crippen LogP contribution in [0.25, 0.3) is 0 Å². The number of benzene rings is 2. The molecule has 0 spiro atoms. The van der Waals surface area contributed by atoms with Crippen molar-refractivity contribution in [3.8, 4) is 11.5 Å². The van der Waals surface area contributed by atoms with E-state index in [0.717, 1.165) is 6.07 Å². The number of hydrogen-bond acceptors (Lipinski definition) is 3. The Balaban J connectivity index is 2.28. The maximum absolute atomic E-state index is 12.9. The number of anilines is 1. The van der Waals surface area contributed by atoms with Crippen LogP contribution in [0.15, 0.2) is 36.4 Å². The van der Waals surface area contributed by atoms with Gasteiger partial charge in [-0.1, -0.05) is 17.7 Å². The Labute approximate surface area is 119 Å². The highest BCUT2D eigenvalue weighted by Gasteiger charge is 2.16. The van der Waals surface area contributed by atoms with Crippen LogP contribution >= 0.6 is 11.6 Å². The molecule has 0 aromatic heterocycles. The van der Waals surface area contributed by atoms with Crippen LogP contribution < -0.4 is 10.1 Å². The van der Waals surface area contributed by atoms with E-state index in [1.54, 1.807) is 6.07 Å². The number of nitrogens with one attached hydrogen (secondary N) is 1. The third-order valence-electron chi connectivity index (χ3n) is 2.64. The fourth-order valence-electron chi connectivity index (χ4n) is 1.65.